The average Bonchev–Trinajstić information content (AvgIpc) is 2.87. The number of hydrogen-bond acceptors (Lipinski definition) is 4. The minimum Gasteiger partial charge on any atom is -0.341 e. The van der Waals surface area contributed by atoms with E-state index in [9.17, 15) is 9.59 Å². The first-order valence-electron chi connectivity index (χ1n) is 8.92. The van der Waals surface area contributed by atoms with Gasteiger partial charge in [-0.3, -0.25) is 9.59 Å². The molecule has 2 aliphatic rings. The molecule has 24 heavy (non-hydrogen) atoms. The molecular weight excluding hydrogens is 304 g/mol. The van der Waals surface area contributed by atoms with E-state index in [1.54, 1.807) is 10.7 Å². The lowest BCUT2D eigenvalue weighted by Crippen LogP contribution is -2.51. The zero-order valence-electron chi connectivity index (χ0n) is 15.0. The number of rotatable bonds is 5. The second-order valence-electron chi connectivity index (χ2n) is 8.10. The van der Waals surface area contributed by atoms with E-state index in [-0.39, 0.29) is 11.0 Å². The van der Waals surface area contributed by atoms with Crippen LogP contribution >= 0.6 is 0 Å². The molecule has 0 spiro atoms. The van der Waals surface area contributed by atoms with Gasteiger partial charge in [0.2, 0.25) is 5.91 Å². The number of amides is 1. The molecule has 132 valence electrons. The lowest BCUT2D eigenvalue weighted by atomic mass is 9.92. The molecule has 6 heteroatoms. The molecule has 2 fully saturated rings. The van der Waals surface area contributed by atoms with Crippen LogP contribution in [0.3, 0.4) is 0 Å². The summed E-state index contributed by atoms with van der Waals surface area (Å²) in [6.45, 7) is 11.6. The van der Waals surface area contributed by atoms with Gasteiger partial charge < -0.3 is 9.80 Å². The summed E-state index contributed by atoms with van der Waals surface area (Å²) in [5.41, 5.74) is 0.874. The fraction of sp³-hybridized carbons (Fsp3) is 0.722. The van der Waals surface area contributed by atoms with Gasteiger partial charge in [-0.15, -0.1) is 0 Å². The van der Waals surface area contributed by atoms with Crippen LogP contribution in [0.4, 0.5) is 0 Å². The molecule has 0 bridgehead atoms. The Morgan fingerprint density at radius 1 is 1.17 bits per heavy atom. The molecule has 2 aliphatic heterocycles. The predicted molar refractivity (Wildman–Crippen MR) is 92.9 cm³/mol. The summed E-state index contributed by atoms with van der Waals surface area (Å²) in [5, 5.41) is 4.54. The van der Waals surface area contributed by atoms with Gasteiger partial charge in [0, 0.05) is 56.5 Å². The van der Waals surface area contributed by atoms with E-state index >= 15 is 0 Å². The van der Waals surface area contributed by atoms with Gasteiger partial charge in [0.05, 0.1) is 12.2 Å². The van der Waals surface area contributed by atoms with Crippen LogP contribution in [0.2, 0.25) is 0 Å². The SMILES string of the molecule is CC(C)(C)c1ccc(=O)n(CC2CN(CCN3CCCC3=O)C2)n1. The van der Waals surface area contributed by atoms with Crippen LogP contribution in [0.1, 0.15) is 39.3 Å². The third-order valence-electron chi connectivity index (χ3n) is 4.96. The lowest BCUT2D eigenvalue weighted by Gasteiger charge is -2.40. The van der Waals surface area contributed by atoms with Crippen molar-refractivity contribution in [3.05, 3.63) is 28.2 Å². The van der Waals surface area contributed by atoms with Crippen LogP contribution in [0, 0.1) is 5.92 Å². The molecule has 0 radical (unpaired) electrons. The van der Waals surface area contributed by atoms with Crippen LogP contribution in [0.15, 0.2) is 16.9 Å². The van der Waals surface area contributed by atoms with Crippen LogP contribution < -0.4 is 5.56 Å². The van der Waals surface area contributed by atoms with Gasteiger partial charge in [0.25, 0.3) is 5.56 Å². The number of hydrogen-bond donors (Lipinski definition) is 0. The lowest BCUT2D eigenvalue weighted by molar-refractivity contribution is -0.128. The van der Waals surface area contributed by atoms with Gasteiger partial charge in [-0.25, -0.2) is 4.68 Å². The first-order valence-corrected chi connectivity index (χ1v) is 8.92. The first kappa shape index (κ1) is 17.1. The van der Waals surface area contributed by atoms with E-state index < -0.39 is 0 Å². The standard InChI is InChI=1S/C18H28N4O2/c1-18(2,3)15-6-7-17(24)22(19-15)13-14-11-20(12-14)9-10-21-8-4-5-16(21)23/h6-7,14H,4-5,8-13H2,1-3H3. The fourth-order valence-electron chi connectivity index (χ4n) is 3.40. The molecule has 2 saturated heterocycles. The van der Waals surface area contributed by atoms with E-state index in [0.717, 1.165) is 44.8 Å². The Hall–Kier alpha value is -1.69. The van der Waals surface area contributed by atoms with Crippen molar-refractivity contribution >= 4 is 5.91 Å². The fourth-order valence-corrected chi connectivity index (χ4v) is 3.40. The topological polar surface area (TPSA) is 58.4 Å². The molecule has 1 aromatic rings. The Labute approximate surface area is 143 Å². The monoisotopic (exact) mass is 332 g/mol. The average molecular weight is 332 g/mol. The summed E-state index contributed by atoms with van der Waals surface area (Å²) >= 11 is 0. The Morgan fingerprint density at radius 3 is 2.54 bits per heavy atom. The maximum Gasteiger partial charge on any atom is 0.266 e. The molecule has 3 rings (SSSR count). The number of aromatic nitrogens is 2. The van der Waals surface area contributed by atoms with Crippen molar-refractivity contribution in [2.45, 2.75) is 45.6 Å². The van der Waals surface area contributed by atoms with E-state index in [1.165, 1.54) is 0 Å². The third-order valence-corrected chi connectivity index (χ3v) is 4.96. The van der Waals surface area contributed by atoms with E-state index in [1.807, 2.05) is 11.0 Å². The van der Waals surface area contributed by atoms with Crippen LogP contribution in [-0.2, 0) is 16.8 Å². The minimum absolute atomic E-state index is 0.0240. The van der Waals surface area contributed by atoms with Crippen molar-refractivity contribution < 1.29 is 4.79 Å². The molecule has 0 atom stereocenters. The summed E-state index contributed by atoms with van der Waals surface area (Å²) in [6.07, 6.45) is 1.71. The molecule has 1 aromatic heterocycles. The summed E-state index contributed by atoms with van der Waals surface area (Å²) in [6, 6.07) is 3.46. The summed E-state index contributed by atoms with van der Waals surface area (Å²) in [4.78, 5) is 28.0. The second-order valence-corrected chi connectivity index (χ2v) is 8.10. The predicted octanol–water partition coefficient (Wildman–Crippen LogP) is 1.10. The molecule has 3 heterocycles. The zero-order chi connectivity index (χ0) is 17.3. The van der Waals surface area contributed by atoms with Crippen LogP contribution in [0.25, 0.3) is 0 Å². The van der Waals surface area contributed by atoms with Gasteiger partial charge in [-0.2, -0.15) is 5.10 Å². The summed E-state index contributed by atoms with van der Waals surface area (Å²) in [7, 11) is 0. The van der Waals surface area contributed by atoms with Crippen molar-refractivity contribution in [1.29, 1.82) is 0 Å². The molecule has 0 aromatic carbocycles. The van der Waals surface area contributed by atoms with E-state index in [0.29, 0.717) is 24.8 Å². The van der Waals surface area contributed by atoms with E-state index in [4.69, 9.17) is 0 Å². The Bertz CT molecular complexity index is 656. The molecular formula is C18H28N4O2. The number of carbonyl (C=O) groups excluding carboxylic acids is 1. The highest BCUT2D eigenvalue weighted by Crippen LogP contribution is 2.20. The number of carbonyl (C=O) groups is 1. The van der Waals surface area contributed by atoms with Crippen molar-refractivity contribution in [1.82, 2.24) is 19.6 Å². The van der Waals surface area contributed by atoms with Gasteiger partial charge in [0.1, 0.15) is 0 Å². The zero-order valence-corrected chi connectivity index (χ0v) is 15.0. The molecule has 6 nitrogen and oxygen atoms in total. The summed E-state index contributed by atoms with van der Waals surface area (Å²) in [5.74, 6) is 0.765. The van der Waals surface area contributed by atoms with E-state index in [2.05, 4.69) is 30.8 Å². The maximum atomic E-state index is 12.0. The van der Waals surface area contributed by atoms with Crippen LogP contribution in [0.5, 0.6) is 0 Å². The van der Waals surface area contributed by atoms with Gasteiger partial charge in [0.15, 0.2) is 0 Å². The van der Waals surface area contributed by atoms with Crippen LogP contribution in [-0.4, -0.2) is 58.2 Å². The second kappa shape index (κ2) is 6.67. The van der Waals surface area contributed by atoms with Crippen molar-refractivity contribution in [3.8, 4) is 0 Å². The minimum atomic E-state index is -0.0522. The highest BCUT2D eigenvalue weighted by atomic mass is 16.2. The van der Waals surface area contributed by atoms with Crippen molar-refractivity contribution in [2.24, 2.45) is 5.92 Å². The Balaban J connectivity index is 1.49. The molecule has 0 unspecified atom stereocenters. The molecule has 0 saturated carbocycles. The normalized spacial score (nSPS) is 19.8. The van der Waals surface area contributed by atoms with Crippen molar-refractivity contribution in [3.63, 3.8) is 0 Å². The highest BCUT2D eigenvalue weighted by Gasteiger charge is 2.29. The molecule has 1 amide bonds. The Morgan fingerprint density at radius 2 is 1.92 bits per heavy atom. The quantitative estimate of drug-likeness (QED) is 0.810. The number of likely N-dealkylation sites (tertiary alicyclic amines) is 2. The number of nitrogens with zero attached hydrogens (tertiary/aromatic N) is 4. The maximum absolute atomic E-state index is 12.0. The van der Waals surface area contributed by atoms with Crippen molar-refractivity contribution in [2.75, 3.05) is 32.7 Å². The smallest absolute Gasteiger partial charge is 0.266 e. The van der Waals surface area contributed by atoms with Gasteiger partial charge >= 0.3 is 0 Å². The first-order chi connectivity index (χ1) is 11.3. The summed E-state index contributed by atoms with van der Waals surface area (Å²) < 4.78 is 1.62. The largest absolute Gasteiger partial charge is 0.341 e. The van der Waals surface area contributed by atoms with Gasteiger partial charge in [-0.05, 0) is 12.5 Å². The van der Waals surface area contributed by atoms with Gasteiger partial charge in [-0.1, -0.05) is 20.8 Å². The Kier molecular flexibility index (Phi) is 4.76. The highest BCUT2D eigenvalue weighted by molar-refractivity contribution is 5.78. The molecule has 0 aliphatic carbocycles. The third kappa shape index (κ3) is 3.86. The molecule has 0 N–H and O–H groups in total.